The van der Waals surface area contributed by atoms with Crippen LogP contribution in [0.3, 0.4) is 0 Å². The minimum Gasteiger partial charge on any atom is -0.497 e. The third-order valence-corrected chi connectivity index (χ3v) is 5.17. The number of nitrogens with zero attached hydrogens (tertiary/aromatic N) is 2. The summed E-state index contributed by atoms with van der Waals surface area (Å²) in [4.78, 5) is 17.3. The molecule has 1 heterocycles. The lowest BCUT2D eigenvalue weighted by atomic mass is 10.1. The van der Waals surface area contributed by atoms with Gasteiger partial charge < -0.3 is 24.6 Å². The lowest BCUT2D eigenvalue weighted by Gasteiger charge is -2.36. The number of hydrogen-bond donors (Lipinski definition) is 1. The van der Waals surface area contributed by atoms with Crippen LogP contribution in [-0.2, 0) is 4.79 Å². The predicted octanol–water partition coefficient (Wildman–Crippen LogP) is 3.50. The Morgan fingerprint density at radius 3 is 2.52 bits per heavy atom. The summed E-state index contributed by atoms with van der Waals surface area (Å²) in [6, 6.07) is 13.4. The minimum atomic E-state index is -0.186. The van der Waals surface area contributed by atoms with Gasteiger partial charge in [-0.3, -0.25) is 4.79 Å². The average Bonchev–Trinajstić information content (AvgIpc) is 2.78. The molecule has 1 N–H and O–H groups in total. The van der Waals surface area contributed by atoms with Crippen molar-refractivity contribution >= 4 is 23.4 Å². The molecule has 0 aromatic heterocycles. The van der Waals surface area contributed by atoms with E-state index in [1.54, 1.807) is 20.3 Å². The smallest absolute Gasteiger partial charge is 0.248 e. The lowest BCUT2D eigenvalue weighted by Crippen LogP contribution is -2.46. The summed E-state index contributed by atoms with van der Waals surface area (Å²) in [6.45, 7) is 7.25. The second-order valence-electron chi connectivity index (χ2n) is 6.87. The normalized spacial score (nSPS) is 14.8. The van der Waals surface area contributed by atoms with Crippen LogP contribution in [0, 0.1) is 0 Å². The second kappa shape index (κ2) is 9.98. The van der Waals surface area contributed by atoms with Crippen LogP contribution < -0.4 is 19.7 Å². The molecule has 0 atom stereocenters. The first kappa shape index (κ1) is 20.7. The number of anilines is 2. The van der Waals surface area contributed by atoms with E-state index in [0.29, 0.717) is 11.5 Å². The van der Waals surface area contributed by atoms with E-state index in [4.69, 9.17) is 9.47 Å². The molecule has 1 aliphatic rings. The van der Waals surface area contributed by atoms with E-state index in [9.17, 15) is 4.79 Å². The molecule has 1 amide bonds. The Bertz CT molecular complexity index is 858. The number of amides is 1. The summed E-state index contributed by atoms with van der Waals surface area (Å²) in [5.41, 5.74) is 2.67. The molecule has 0 unspecified atom stereocenters. The van der Waals surface area contributed by atoms with Gasteiger partial charge in [-0.25, -0.2) is 0 Å². The summed E-state index contributed by atoms with van der Waals surface area (Å²) in [5, 5.41) is 3.02. The number of carbonyl (C=O) groups excluding carboxylic acids is 1. The fourth-order valence-corrected chi connectivity index (χ4v) is 3.47. The Morgan fingerprint density at radius 2 is 1.83 bits per heavy atom. The molecule has 0 aliphatic carbocycles. The molecule has 0 bridgehead atoms. The zero-order chi connectivity index (χ0) is 20.6. The number of rotatable bonds is 7. The molecule has 1 aliphatic heterocycles. The Labute approximate surface area is 172 Å². The van der Waals surface area contributed by atoms with Crippen molar-refractivity contribution < 1.29 is 14.3 Å². The molecule has 2 aromatic carbocycles. The van der Waals surface area contributed by atoms with Gasteiger partial charge in [0.2, 0.25) is 5.91 Å². The van der Waals surface area contributed by atoms with Gasteiger partial charge in [0.1, 0.15) is 11.5 Å². The number of ether oxygens (including phenoxy) is 2. The summed E-state index contributed by atoms with van der Waals surface area (Å²) < 4.78 is 10.6. The molecule has 0 spiro atoms. The zero-order valence-electron chi connectivity index (χ0n) is 17.4. The van der Waals surface area contributed by atoms with Crippen LogP contribution in [-0.4, -0.2) is 57.8 Å². The average molecular weight is 396 g/mol. The molecule has 1 saturated heterocycles. The third-order valence-electron chi connectivity index (χ3n) is 5.17. The van der Waals surface area contributed by atoms with Gasteiger partial charge in [-0.05, 0) is 43.0 Å². The van der Waals surface area contributed by atoms with E-state index < -0.39 is 0 Å². The Hall–Kier alpha value is -2.99. The van der Waals surface area contributed by atoms with Crippen molar-refractivity contribution in [2.75, 3.05) is 57.2 Å². The number of hydrogen-bond acceptors (Lipinski definition) is 5. The molecule has 154 valence electrons. The number of likely N-dealkylation sites (N-methyl/N-ethyl adjacent to an activating group) is 1. The highest BCUT2D eigenvalue weighted by Gasteiger charge is 2.18. The maximum absolute atomic E-state index is 12.6. The van der Waals surface area contributed by atoms with Crippen LogP contribution in [0.4, 0.5) is 11.4 Å². The van der Waals surface area contributed by atoms with Gasteiger partial charge in [0.25, 0.3) is 0 Å². The van der Waals surface area contributed by atoms with Crippen molar-refractivity contribution in [1.29, 1.82) is 0 Å². The highest BCUT2D eigenvalue weighted by molar-refractivity contribution is 6.04. The molecule has 3 rings (SSSR count). The van der Waals surface area contributed by atoms with Gasteiger partial charge in [-0.2, -0.15) is 0 Å². The second-order valence-corrected chi connectivity index (χ2v) is 6.87. The summed E-state index contributed by atoms with van der Waals surface area (Å²) in [7, 11) is 3.22. The van der Waals surface area contributed by atoms with E-state index in [2.05, 4.69) is 28.1 Å². The number of piperazine rings is 1. The minimum absolute atomic E-state index is 0.186. The molecule has 1 fully saturated rings. The standard InChI is InChI=1S/C23H29N3O3/c1-4-25-13-15-26(16-14-25)21-8-6-5-7-20(21)24-23(27)12-9-18-17-19(28-2)10-11-22(18)29-3/h5-12,17H,4,13-16H2,1-3H3,(H,24,27)/b12-9+. The molecule has 6 nitrogen and oxygen atoms in total. The molecular weight excluding hydrogens is 366 g/mol. The molecule has 0 saturated carbocycles. The van der Waals surface area contributed by atoms with E-state index in [-0.39, 0.29) is 5.91 Å². The fourth-order valence-electron chi connectivity index (χ4n) is 3.47. The molecule has 2 aromatic rings. The number of nitrogens with one attached hydrogen (secondary N) is 1. The monoisotopic (exact) mass is 395 g/mol. The molecular formula is C23H29N3O3. The largest absolute Gasteiger partial charge is 0.497 e. The van der Waals surface area contributed by atoms with Gasteiger partial charge >= 0.3 is 0 Å². The van der Waals surface area contributed by atoms with Gasteiger partial charge in [-0.15, -0.1) is 0 Å². The molecule has 0 radical (unpaired) electrons. The molecule has 6 heteroatoms. The van der Waals surface area contributed by atoms with Crippen LogP contribution in [0.1, 0.15) is 12.5 Å². The SMILES string of the molecule is CCN1CCN(c2ccccc2NC(=O)/C=C/c2cc(OC)ccc2OC)CC1. The first-order valence-corrected chi connectivity index (χ1v) is 9.92. The van der Waals surface area contributed by atoms with Gasteiger partial charge in [-0.1, -0.05) is 19.1 Å². The summed E-state index contributed by atoms with van der Waals surface area (Å²) in [5.74, 6) is 1.21. The highest BCUT2D eigenvalue weighted by Crippen LogP contribution is 2.27. The van der Waals surface area contributed by atoms with Gasteiger partial charge in [0.05, 0.1) is 25.6 Å². The first-order valence-electron chi connectivity index (χ1n) is 9.92. The maximum Gasteiger partial charge on any atom is 0.248 e. The lowest BCUT2D eigenvalue weighted by molar-refractivity contribution is -0.111. The van der Waals surface area contributed by atoms with Crippen LogP contribution in [0.15, 0.2) is 48.5 Å². The summed E-state index contributed by atoms with van der Waals surface area (Å²) >= 11 is 0. The van der Waals surface area contributed by atoms with E-state index in [1.165, 1.54) is 6.08 Å². The van der Waals surface area contributed by atoms with Crippen molar-refractivity contribution in [3.63, 3.8) is 0 Å². The number of para-hydroxylation sites is 2. The number of carbonyl (C=O) groups is 1. The predicted molar refractivity (Wildman–Crippen MR) is 118 cm³/mol. The van der Waals surface area contributed by atoms with Crippen molar-refractivity contribution in [2.45, 2.75) is 6.92 Å². The van der Waals surface area contributed by atoms with Gasteiger partial charge in [0.15, 0.2) is 0 Å². The quantitative estimate of drug-likeness (QED) is 0.728. The zero-order valence-corrected chi connectivity index (χ0v) is 17.4. The van der Waals surface area contributed by atoms with Crippen LogP contribution in [0.25, 0.3) is 6.08 Å². The van der Waals surface area contributed by atoms with Crippen LogP contribution >= 0.6 is 0 Å². The maximum atomic E-state index is 12.6. The van der Waals surface area contributed by atoms with E-state index >= 15 is 0 Å². The third kappa shape index (κ3) is 5.29. The topological polar surface area (TPSA) is 54.0 Å². The Morgan fingerprint density at radius 1 is 1.07 bits per heavy atom. The van der Waals surface area contributed by atoms with Crippen LogP contribution in [0.5, 0.6) is 11.5 Å². The molecule has 29 heavy (non-hydrogen) atoms. The van der Waals surface area contributed by atoms with E-state index in [1.807, 2.05) is 36.4 Å². The van der Waals surface area contributed by atoms with Crippen molar-refractivity contribution in [3.8, 4) is 11.5 Å². The summed E-state index contributed by atoms with van der Waals surface area (Å²) in [6.07, 6.45) is 3.25. The van der Waals surface area contributed by atoms with Crippen molar-refractivity contribution in [1.82, 2.24) is 4.90 Å². The van der Waals surface area contributed by atoms with Crippen molar-refractivity contribution in [3.05, 3.63) is 54.1 Å². The number of methoxy groups -OCH3 is 2. The van der Waals surface area contributed by atoms with Gasteiger partial charge in [0, 0.05) is 37.8 Å². The fraction of sp³-hybridized carbons (Fsp3) is 0.348. The Balaban J connectivity index is 1.71. The van der Waals surface area contributed by atoms with Crippen LogP contribution in [0.2, 0.25) is 0 Å². The highest BCUT2D eigenvalue weighted by atomic mass is 16.5. The van der Waals surface area contributed by atoms with E-state index in [0.717, 1.165) is 49.7 Å². The Kier molecular flexibility index (Phi) is 7.14. The van der Waals surface area contributed by atoms with Crippen molar-refractivity contribution in [2.24, 2.45) is 0 Å². The number of benzene rings is 2. The first-order chi connectivity index (χ1) is 14.1.